The molecule has 0 aliphatic rings. The molecule has 2 rings (SSSR count). The zero-order chi connectivity index (χ0) is 12.4. The lowest BCUT2D eigenvalue weighted by atomic mass is 10.2. The van der Waals surface area contributed by atoms with Gasteiger partial charge in [0.2, 0.25) is 0 Å². The van der Waals surface area contributed by atoms with Crippen molar-refractivity contribution in [2.45, 2.75) is 27.3 Å². The van der Waals surface area contributed by atoms with E-state index in [1.165, 1.54) is 10.9 Å². The summed E-state index contributed by atoms with van der Waals surface area (Å²) in [6.07, 6.45) is 0. The summed E-state index contributed by atoms with van der Waals surface area (Å²) in [7, 11) is 0. The Morgan fingerprint density at radius 1 is 1.29 bits per heavy atom. The Labute approximate surface area is 105 Å². The van der Waals surface area contributed by atoms with Crippen LogP contribution in [0.4, 0.5) is 10.1 Å². The van der Waals surface area contributed by atoms with Crippen molar-refractivity contribution < 1.29 is 4.39 Å². The summed E-state index contributed by atoms with van der Waals surface area (Å²) < 4.78 is 13.6. The predicted molar refractivity (Wildman–Crippen MR) is 70.1 cm³/mol. The number of para-hydroxylation sites is 1. The molecule has 4 heteroatoms. The fourth-order valence-electron chi connectivity index (χ4n) is 1.63. The highest BCUT2D eigenvalue weighted by molar-refractivity contribution is 7.11. The third-order valence-corrected chi connectivity index (χ3v) is 3.78. The molecular formula is C13H15FN2S. The second-order valence-corrected chi connectivity index (χ2v) is 5.32. The van der Waals surface area contributed by atoms with Crippen molar-refractivity contribution >= 4 is 17.0 Å². The average Bonchev–Trinajstić information content (AvgIpc) is 2.58. The SMILES string of the molecule is Cc1cccc(F)c1NCc1nc(C)c(C)s1. The van der Waals surface area contributed by atoms with Crippen molar-refractivity contribution in [1.82, 2.24) is 4.98 Å². The van der Waals surface area contributed by atoms with Gasteiger partial charge in [-0.15, -0.1) is 11.3 Å². The Balaban J connectivity index is 2.12. The topological polar surface area (TPSA) is 24.9 Å². The van der Waals surface area contributed by atoms with Gasteiger partial charge in [0.1, 0.15) is 10.8 Å². The molecule has 0 fully saturated rings. The van der Waals surface area contributed by atoms with Crippen LogP contribution in [0.5, 0.6) is 0 Å². The van der Waals surface area contributed by atoms with E-state index < -0.39 is 0 Å². The van der Waals surface area contributed by atoms with Gasteiger partial charge in [0.05, 0.1) is 17.9 Å². The lowest BCUT2D eigenvalue weighted by Crippen LogP contribution is -2.02. The first kappa shape index (κ1) is 12.0. The molecule has 0 saturated carbocycles. The zero-order valence-corrected chi connectivity index (χ0v) is 11.0. The lowest BCUT2D eigenvalue weighted by Gasteiger charge is -2.08. The van der Waals surface area contributed by atoms with E-state index in [4.69, 9.17) is 0 Å². The van der Waals surface area contributed by atoms with E-state index in [1.54, 1.807) is 17.4 Å². The molecule has 0 aliphatic heterocycles. The van der Waals surface area contributed by atoms with E-state index in [-0.39, 0.29) is 5.82 Å². The van der Waals surface area contributed by atoms with Crippen molar-refractivity contribution in [3.05, 3.63) is 45.2 Å². The number of hydrogen-bond acceptors (Lipinski definition) is 3. The molecule has 2 nitrogen and oxygen atoms in total. The molecule has 1 aromatic carbocycles. The van der Waals surface area contributed by atoms with Crippen LogP contribution < -0.4 is 5.32 Å². The number of thiazole rings is 1. The standard InChI is InChI=1S/C13H15FN2S/c1-8-5-4-6-11(14)13(8)15-7-12-16-9(2)10(3)17-12/h4-6,15H,7H2,1-3H3. The van der Waals surface area contributed by atoms with Gasteiger partial charge in [0.15, 0.2) is 0 Å². The number of nitrogens with one attached hydrogen (secondary N) is 1. The Morgan fingerprint density at radius 3 is 2.65 bits per heavy atom. The van der Waals surface area contributed by atoms with Crippen molar-refractivity contribution in [1.29, 1.82) is 0 Å². The molecule has 2 aromatic rings. The molecule has 0 amide bonds. The number of rotatable bonds is 3. The van der Waals surface area contributed by atoms with Crippen LogP contribution in [-0.4, -0.2) is 4.98 Å². The Morgan fingerprint density at radius 2 is 2.06 bits per heavy atom. The molecule has 0 spiro atoms. The summed E-state index contributed by atoms with van der Waals surface area (Å²) in [4.78, 5) is 5.63. The van der Waals surface area contributed by atoms with Gasteiger partial charge >= 0.3 is 0 Å². The third kappa shape index (κ3) is 2.64. The van der Waals surface area contributed by atoms with Gasteiger partial charge in [-0.25, -0.2) is 9.37 Å². The highest BCUT2D eigenvalue weighted by Crippen LogP contribution is 2.21. The van der Waals surface area contributed by atoms with Crippen molar-refractivity contribution in [3.8, 4) is 0 Å². The molecule has 1 heterocycles. The van der Waals surface area contributed by atoms with E-state index in [9.17, 15) is 4.39 Å². The van der Waals surface area contributed by atoms with E-state index in [2.05, 4.69) is 10.3 Å². The highest BCUT2D eigenvalue weighted by Gasteiger charge is 2.07. The van der Waals surface area contributed by atoms with Gasteiger partial charge < -0.3 is 5.32 Å². The monoisotopic (exact) mass is 250 g/mol. The molecule has 17 heavy (non-hydrogen) atoms. The third-order valence-electron chi connectivity index (χ3n) is 2.71. The number of aryl methyl sites for hydroxylation is 3. The van der Waals surface area contributed by atoms with Crippen LogP contribution in [0.1, 0.15) is 21.1 Å². The van der Waals surface area contributed by atoms with E-state index in [0.717, 1.165) is 16.3 Å². The van der Waals surface area contributed by atoms with Crippen LogP contribution in [0, 0.1) is 26.6 Å². The summed E-state index contributed by atoms with van der Waals surface area (Å²) >= 11 is 1.65. The van der Waals surface area contributed by atoms with Crippen LogP contribution >= 0.6 is 11.3 Å². The van der Waals surface area contributed by atoms with Crippen LogP contribution in [0.15, 0.2) is 18.2 Å². The molecule has 0 saturated heterocycles. The molecule has 0 radical (unpaired) electrons. The first-order valence-electron chi connectivity index (χ1n) is 5.50. The van der Waals surface area contributed by atoms with Gasteiger partial charge in [-0.3, -0.25) is 0 Å². The lowest BCUT2D eigenvalue weighted by molar-refractivity contribution is 0.629. The van der Waals surface area contributed by atoms with Crippen molar-refractivity contribution in [3.63, 3.8) is 0 Å². The molecule has 0 atom stereocenters. The Kier molecular flexibility index (Phi) is 3.43. The fourth-order valence-corrected chi connectivity index (χ4v) is 2.51. The summed E-state index contributed by atoms with van der Waals surface area (Å²) in [5.41, 5.74) is 2.53. The molecule has 0 bridgehead atoms. The summed E-state index contributed by atoms with van der Waals surface area (Å²) in [6.45, 7) is 6.50. The maximum Gasteiger partial charge on any atom is 0.146 e. The number of benzene rings is 1. The van der Waals surface area contributed by atoms with E-state index in [0.29, 0.717) is 12.2 Å². The van der Waals surface area contributed by atoms with Crippen LogP contribution in [0.25, 0.3) is 0 Å². The van der Waals surface area contributed by atoms with Crippen LogP contribution in [-0.2, 0) is 6.54 Å². The Hall–Kier alpha value is -1.42. The minimum Gasteiger partial charge on any atom is -0.376 e. The molecule has 0 unspecified atom stereocenters. The average molecular weight is 250 g/mol. The van der Waals surface area contributed by atoms with Gasteiger partial charge in [-0.2, -0.15) is 0 Å². The fraction of sp³-hybridized carbons (Fsp3) is 0.308. The van der Waals surface area contributed by atoms with E-state index >= 15 is 0 Å². The van der Waals surface area contributed by atoms with Crippen molar-refractivity contribution in [2.75, 3.05) is 5.32 Å². The number of anilines is 1. The smallest absolute Gasteiger partial charge is 0.146 e. The second kappa shape index (κ2) is 4.84. The quantitative estimate of drug-likeness (QED) is 0.895. The first-order valence-corrected chi connectivity index (χ1v) is 6.31. The predicted octanol–water partition coefficient (Wildman–Crippen LogP) is 3.82. The first-order chi connectivity index (χ1) is 8.08. The van der Waals surface area contributed by atoms with E-state index in [1.807, 2.05) is 26.8 Å². The maximum absolute atomic E-state index is 13.6. The Bertz CT molecular complexity index is 494. The normalized spacial score (nSPS) is 10.6. The van der Waals surface area contributed by atoms with Gasteiger partial charge in [0, 0.05) is 4.88 Å². The second-order valence-electron chi connectivity index (χ2n) is 4.03. The van der Waals surface area contributed by atoms with Gasteiger partial charge in [-0.05, 0) is 32.4 Å². The van der Waals surface area contributed by atoms with Crippen LogP contribution in [0.2, 0.25) is 0 Å². The largest absolute Gasteiger partial charge is 0.376 e. The van der Waals surface area contributed by atoms with Gasteiger partial charge in [-0.1, -0.05) is 12.1 Å². The molecule has 1 aromatic heterocycles. The number of nitrogens with zero attached hydrogens (tertiary/aromatic N) is 1. The maximum atomic E-state index is 13.6. The molecule has 1 N–H and O–H groups in total. The minimum atomic E-state index is -0.213. The summed E-state index contributed by atoms with van der Waals surface area (Å²) in [5.74, 6) is -0.213. The minimum absolute atomic E-state index is 0.213. The van der Waals surface area contributed by atoms with Crippen molar-refractivity contribution in [2.24, 2.45) is 0 Å². The molecule has 0 aliphatic carbocycles. The van der Waals surface area contributed by atoms with Gasteiger partial charge in [0.25, 0.3) is 0 Å². The van der Waals surface area contributed by atoms with Crippen LogP contribution in [0.3, 0.4) is 0 Å². The number of aromatic nitrogens is 1. The highest BCUT2D eigenvalue weighted by atomic mass is 32.1. The number of halogens is 1. The number of hydrogen-bond donors (Lipinski definition) is 1. The zero-order valence-electron chi connectivity index (χ0n) is 10.2. The molecule has 90 valence electrons. The molecular weight excluding hydrogens is 235 g/mol. The summed E-state index contributed by atoms with van der Waals surface area (Å²) in [6, 6.07) is 5.07. The summed E-state index contributed by atoms with van der Waals surface area (Å²) in [5, 5.41) is 4.10.